The number of ether oxygens (including phenoxy) is 1. The first kappa shape index (κ1) is 10.4. The highest BCUT2D eigenvalue weighted by molar-refractivity contribution is 6.13. The summed E-state index contributed by atoms with van der Waals surface area (Å²) in [5.41, 5.74) is -1.77. The number of benzene rings is 1. The zero-order valence-electron chi connectivity index (χ0n) is 8.28. The number of carbonyl (C=O) groups excluding carboxylic acids is 1. The fraction of sp³-hybridized carbons (Fsp3) is 0.200. The number of hydrogen-bond acceptors (Lipinski definition) is 3. The van der Waals surface area contributed by atoms with E-state index in [9.17, 15) is 14.0 Å². The van der Waals surface area contributed by atoms with Crippen molar-refractivity contribution in [3.8, 4) is 5.75 Å². The largest absolute Gasteiger partial charge is 0.478 e. The molecule has 0 saturated carbocycles. The number of aliphatic carboxylic acids is 1. The molecule has 0 bridgehead atoms. The monoisotopic (exact) mass is 225 g/mol. The van der Waals surface area contributed by atoms with Crippen LogP contribution in [0.3, 0.4) is 0 Å². The molecular formula is C10H8FNO4. The van der Waals surface area contributed by atoms with E-state index in [-0.39, 0.29) is 11.4 Å². The fourth-order valence-electron chi connectivity index (χ4n) is 1.33. The van der Waals surface area contributed by atoms with Gasteiger partial charge < -0.3 is 15.2 Å². The third-order valence-electron chi connectivity index (χ3n) is 2.35. The smallest absolute Gasteiger partial charge is 0.357 e. The fourth-order valence-corrected chi connectivity index (χ4v) is 1.33. The third kappa shape index (κ3) is 1.39. The Hall–Kier alpha value is -2.11. The normalized spacial score (nSPS) is 23.0. The van der Waals surface area contributed by atoms with Gasteiger partial charge in [-0.2, -0.15) is 0 Å². The van der Waals surface area contributed by atoms with Crippen LogP contribution in [0.15, 0.2) is 18.2 Å². The van der Waals surface area contributed by atoms with Gasteiger partial charge in [0.1, 0.15) is 11.6 Å². The first-order valence-corrected chi connectivity index (χ1v) is 4.47. The van der Waals surface area contributed by atoms with Crippen LogP contribution in [-0.4, -0.2) is 22.6 Å². The lowest BCUT2D eigenvalue weighted by Gasteiger charge is -2.30. The van der Waals surface area contributed by atoms with Gasteiger partial charge in [-0.1, -0.05) is 0 Å². The Balaban J connectivity index is 2.48. The van der Waals surface area contributed by atoms with Gasteiger partial charge in [-0.25, -0.2) is 9.18 Å². The van der Waals surface area contributed by atoms with Crippen LogP contribution < -0.4 is 10.1 Å². The maximum atomic E-state index is 12.9. The van der Waals surface area contributed by atoms with Gasteiger partial charge >= 0.3 is 5.97 Å². The molecule has 0 unspecified atom stereocenters. The summed E-state index contributed by atoms with van der Waals surface area (Å²) in [4.78, 5) is 22.4. The highest BCUT2D eigenvalue weighted by Crippen LogP contribution is 2.34. The van der Waals surface area contributed by atoms with Gasteiger partial charge in [0.05, 0.1) is 5.69 Å². The first-order chi connectivity index (χ1) is 7.43. The molecule has 1 aliphatic heterocycles. The molecule has 0 radical (unpaired) electrons. The molecule has 16 heavy (non-hydrogen) atoms. The first-order valence-electron chi connectivity index (χ1n) is 4.47. The molecule has 6 heteroatoms. The van der Waals surface area contributed by atoms with Crippen LogP contribution in [0.5, 0.6) is 5.75 Å². The SMILES string of the molecule is C[C@]1(C(=O)O)Oc2cc(F)ccc2NC1=O. The van der Waals surface area contributed by atoms with Crippen LogP contribution in [-0.2, 0) is 9.59 Å². The van der Waals surface area contributed by atoms with Gasteiger partial charge in [0.2, 0.25) is 0 Å². The summed E-state index contributed by atoms with van der Waals surface area (Å²) in [7, 11) is 0. The summed E-state index contributed by atoms with van der Waals surface area (Å²) in [6.45, 7) is 1.11. The van der Waals surface area contributed by atoms with Gasteiger partial charge in [0.15, 0.2) is 0 Å². The summed E-state index contributed by atoms with van der Waals surface area (Å²) < 4.78 is 17.9. The van der Waals surface area contributed by atoms with E-state index in [1.165, 1.54) is 6.07 Å². The standard InChI is InChI=1S/C10H8FNO4/c1-10(9(14)15)8(13)12-6-3-2-5(11)4-7(6)16-10/h2-4H,1H3,(H,12,13)(H,14,15)/t10-/m0/s1. The van der Waals surface area contributed by atoms with Gasteiger partial charge in [-0.15, -0.1) is 0 Å². The lowest BCUT2D eigenvalue weighted by molar-refractivity contribution is -0.159. The van der Waals surface area contributed by atoms with E-state index in [1.54, 1.807) is 0 Å². The number of nitrogens with one attached hydrogen (secondary N) is 1. The van der Waals surface area contributed by atoms with E-state index >= 15 is 0 Å². The second-order valence-electron chi connectivity index (χ2n) is 3.54. The van der Waals surface area contributed by atoms with Crippen LogP contribution in [0.25, 0.3) is 0 Å². The number of rotatable bonds is 1. The Labute approximate surface area is 89.8 Å². The van der Waals surface area contributed by atoms with E-state index in [0.29, 0.717) is 0 Å². The van der Waals surface area contributed by atoms with Crippen molar-refractivity contribution >= 4 is 17.6 Å². The lowest BCUT2D eigenvalue weighted by atomic mass is 10.0. The number of hydrogen-bond donors (Lipinski definition) is 2. The van der Waals surface area contributed by atoms with E-state index in [0.717, 1.165) is 19.1 Å². The van der Waals surface area contributed by atoms with Crippen LogP contribution in [0.4, 0.5) is 10.1 Å². The Morgan fingerprint density at radius 1 is 1.56 bits per heavy atom. The Morgan fingerprint density at radius 3 is 2.88 bits per heavy atom. The van der Waals surface area contributed by atoms with Crippen molar-refractivity contribution < 1.29 is 23.8 Å². The predicted octanol–water partition coefficient (Wildman–Crippen LogP) is 1.000. The minimum atomic E-state index is -2.03. The maximum absolute atomic E-state index is 12.9. The van der Waals surface area contributed by atoms with Crippen molar-refractivity contribution in [1.29, 1.82) is 0 Å². The molecule has 0 spiro atoms. The summed E-state index contributed by atoms with van der Waals surface area (Å²) in [5, 5.41) is 11.2. The van der Waals surface area contributed by atoms with Crippen molar-refractivity contribution in [3.05, 3.63) is 24.0 Å². The highest BCUT2D eigenvalue weighted by Gasteiger charge is 2.47. The topological polar surface area (TPSA) is 75.6 Å². The van der Waals surface area contributed by atoms with Crippen LogP contribution in [0.1, 0.15) is 6.92 Å². The number of fused-ring (bicyclic) bond motifs is 1. The molecular weight excluding hydrogens is 217 g/mol. The van der Waals surface area contributed by atoms with E-state index in [4.69, 9.17) is 9.84 Å². The van der Waals surface area contributed by atoms with Crippen LogP contribution in [0, 0.1) is 5.82 Å². The van der Waals surface area contributed by atoms with Crippen molar-refractivity contribution in [2.24, 2.45) is 0 Å². The van der Waals surface area contributed by atoms with E-state index in [2.05, 4.69) is 5.32 Å². The Morgan fingerprint density at radius 2 is 2.25 bits per heavy atom. The number of carboxylic acids is 1. The number of carbonyl (C=O) groups is 2. The van der Waals surface area contributed by atoms with Crippen LogP contribution in [0.2, 0.25) is 0 Å². The molecule has 5 nitrogen and oxygen atoms in total. The number of carboxylic acid groups (broad SMARTS) is 1. The average molecular weight is 225 g/mol. The van der Waals surface area contributed by atoms with E-state index in [1.807, 2.05) is 0 Å². The summed E-state index contributed by atoms with van der Waals surface area (Å²) >= 11 is 0. The van der Waals surface area contributed by atoms with E-state index < -0.39 is 23.3 Å². The number of anilines is 1. The number of halogens is 1. The Kier molecular flexibility index (Phi) is 2.08. The average Bonchev–Trinajstić information content (AvgIpc) is 2.20. The van der Waals surface area contributed by atoms with Crippen molar-refractivity contribution in [3.63, 3.8) is 0 Å². The molecule has 84 valence electrons. The molecule has 0 saturated heterocycles. The molecule has 2 N–H and O–H groups in total. The molecule has 2 rings (SSSR count). The molecule has 1 heterocycles. The molecule has 1 aromatic carbocycles. The Bertz CT molecular complexity index is 488. The van der Waals surface area contributed by atoms with Crippen molar-refractivity contribution in [2.45, 2.75) is 12.5 Å². The minimum absolute atomic E-state index is 0.00417. The highest BCUT2D eigenvalue weighted by atomic mass is 19.1. The molecule has 1 atom stereocenters. The van der Waals surface area contributed by atoms with Gasteiger partial charge in [-0.05, 0) is 19.1 Å². The molecule has 0 fully saturated rings. The predicted molar refractivity (Wildman–Crippen MR) is 51.7 cm³/mol. The molecule has 0 aliphatic carbocycles. The number of amides is 1. The maximum Gasteiger partial charge on any atom is 0.357 e. The van der Waals surface area contributed by atoms with Gasteiger partial charge in [0, 0.05) is 6.07 Å². The molecule has 1 aromatic rings. The zero-order valence-corrected chi connectivity index (χ0v) is 8.28. The van der Waals surface area contributed by atoms with Gasteiger partial charge in [-0.3, -0.25) is 4.79 Å². The van der Waals surface area contributed by atoms with Crippen LogP contribution >= 0.6 is 0 Å². The van der Waals surface area contributed by atoms with Gasteiger partial charge in [0.25, 0.3) is 11.5 Å². The second-order valence-corrected chi connectivity index (χ2v) is 3.54. The second kappa shape index (κ2) is 3.19. The summed E-state index contributed by atoms with van der Waals surface area (Å²) in [6.07, 6.45) is 0. The minimum Gasteiger partial charge on any atom is -0.478 e. The molecule has 0 aromatic heterocycles. The quantitative estimate of drug-likeness (QED) is 0.699. The van der Waals surface area contributed by atoms with Crippen molar-refractivity contribution in [2.75, 3.05) is 5.32 Å². The third-order valence-corrected chi connectivity index (χ3v) is 2.35. The summed E-state index contributed by atoms with van der Waals surface area (Å²) in [5.74, 6) is -2.79. The lowest BCUT2D eigenvalue weighted by Crippen LogP contribution is -2.54. The van der Waals surface area contributed by atoms with Crippen molar-refractivity contribution in [1.82, 2.24) is 0 Å². The zero-order chi connectivity index (χ0) is 11.9. The molecule has 1 aliphatic rings. The summed E-state index contributed by atoms with van der Waals surface area (Å²) in [6, 6.07) is 3.48. The molecule has 1 amide bonds.